The molecule has 12 heteroatoms. The summed E-state index contributed by atoms with van der Waals surface area (Å²) in [5, 5.41) is 22.3. The molecular formula is C13H16FN7O4. The number of carbonyl (C=O) groups is 1. The number of carbonyl (C=O) groups excluding carboxylic acids is 1. The Morgan fingerprint density at radius 1 is 1.56 bits per heavy atom. The van der Waals surface area contributed by atoms with Crippen LogP contribution in [0.15, 0.2) is 11.3 Å². The Morgan fingerprint density at radius 3 is 2.72 bits per heavy atom. The molecule has 0 aliphatic carbocycles. The van der Waals surface area contributed by atoms with Crippen LogP contribution >= 0.6 is 0 Å². The van der Waals surface area contributed by atoms with E-state index in [0.29, 0.717) is 5.69 Å². The normalized spacial score (nSPS) is 12.4. The lowest BCUT2D eigenvalue weighted by molar-refractivity contribution is -0.385. The second kappa shape index (κ2) is 7.07. The molecule has 1 atom stereocenters. The minimum atomic E-state index is -0.903. The van der Waals surface area contributed by atoms with Gasteiger partial charge in [0.25, 0.3) is 5.91 Å². The van der Waals surface area contributed by atoms with Gasteiger partial charge in [-0.15, -0.1) is 5.10 Å². The third kappa shape index (κ3) is 3.62. The molecule has 0 spiro atoms. The highest BCUT2D eigenvalue weighted by Gasteiger charge is 2.25. The second-order valence-corrected chi connectivity index (χ2v) is 5.08. The highest BCUT2D eigenvalue weighted by atomic mass is 19.1. The van der Waals surface area contributed by atoms with Crippen molar-refractivity contribution >= 4 is 17.8 Å². The third-order valence-corrected chi connectivity index (χ3v) is 3.41. The van der Waals surface area contributed by atoms with Crippen LogP contribution in [-0.4, -0.2) is 43.7 Å². The molecule has 0 aliphatic heterocycles. The van der Waals surface area contributed by atoms with Gasteiger partial charge in [0.1, 0.15) is 12.2 Å². The van der Waals surface area contributed by atoms with Gasteiger partial charge in [0, 0.05) is 7.05 Å². The van der Waals surface area contributed by atoms with Gasteiger partial charge in [-0.2, -0.15) is 14.6 Å². The number of hydrogen-bond donors (Lipinski definition) is 1. The maximum atomic E-state index is 13.7. The number of ether oxygens (including phenoxy) is 1. The van der Waals surface area contributed by atoms with E-state index in [4.69, 9.17) is 4.74 Å². The van der Waals surface area contributed by atoms with E-state index in [1.54, 1.807) is 6.92 Å². The summed E-state index contributed by atoms with van der Waals surface area (Å²) >= 11 is 0. The van der Waals surface area contributed by atoms with Crippen LogP contribution in [0.25, 0.3) is 0 Å². The topological polar surface area (TPSA) is 129 Å². The number of methoxy groups -OCH3 is 1. The molecule has 134 valence electrons. The Labute approximate surface area is 141 Å². The molecule has 0 unspecified atom stereocenters. The van der Waals surface area contributed by atoms with Crippen LogP contribution in [0, 0.1) is 23.0 Å². The summed E-state index contributed by atoms with van der Waals surface area (Å²) in [6.45, 7) is 3.07. The van der Waals surface area contributed by atoms with Crippen LogP contribution in [-0.2, 0) is 11.8 Å². The quantitative estimate of drug-likeness (QED) is 0.462. The standard InChI is InChI=1S/C13H16FN7O4/c1-7-9(11(14)19(3)17-7)5-15-16-12(22)8(2)20-6-10(21(23)24)13(18-20)25-4/h5-6,8H,1-4H3,(H,16,22)/b15-5-/t8-/m0/s1. The molecule has 0 aromatic carbocycles. The zero-order chi connectivity index (χ0) is 18.7. The average Bonchev–Trinajstić information content (AvgIpc) is 3.10. The van der Waals surface area contributed by atoms with E-state index < -0.39 is 22.8 Å². The van der Waals surface area contributed by atoms with Crippen molar-refractivity contribution in [3.8, 4) is 5.88 Å². The van der Waals surface area contributed by atoms with Crippen LogP contribution in [0.5, 0.6) is 5.88 Å². The highest BCUT2D eigenvalue weighted by Crippen LogP contribution is 2.25. The van der Waals surface area contributed by atoms with Crippen molar-refractivity contribution in [2.24, 2.45) is 12.1 Å². The molecule has 1 amide bonds. The number of halogens is 1. The fraction of sp³-hybridized carbons (Fsp3) is 0.385. The van der Waals surface area contributed by atoms with Gasteiger partial charge in [0.2, 0.25) is 5.95 Å². The van der Waals surface area contributed by atoms with Gasteiger partial charge in [0.15, 0.2) is 0 Å². The predicted octanol–water partition coefficient (Wildman–Crippen LogP) is 0.692. The molecule has 0 bridgehead atoms. The summed E-state index contributed by atoms with van der Waals surface area (Å²) in [7, 11) is 2.68. The largest absolute Gasteiger partial charge is 0.475 e. The summed E-state index contributed by atoms with van der Waals surface area (Å²) in [4.78, 5) is 22.3. The predicted molar refractivity (Wildman–Crippen MR) is 83.8 cm³/mol. The van der Waals surface area contributed by atoms with E-state index in [0.717, 1.165) is 21.8 Å². The van der Waals surface area contributed by atoms with Crippen LogP contribution in [0.3, 0.4) is 0 Å². The van der Waals surface area contributed by atoms with Crippen LogP contribution in [0.1, 0.15) is 24.2 Å². The molecule has 2 heterocycles. The van der Waals surface area contributed by atoms with Gasteiger partial charge >= 0.3 is 11.6 Å². The minimum Gasteiger partial charge on any atom is -0.475 e. The first-order valence-corrected chi connectivity index (χ1v) is 7.05. The van der Waals surface area contributed by atoms with E-state index in [1.165, 1.54) is 21.1 Å². The number of nitrogens with one attached hydrogen (secondary N) is 1. The summed E-state index contributed by atoms with van der Waals surface area (Å²) in [6, 6.07) is -0.903. The van der Waals surface area contributed by atoms with E-state index in [1.807, 2.05) is 0 Å². The fourth-order valence-electron chi connectivity index (χ4n) is 2.00. The van der Waals surface area contributed by atoms with E-state index in [9.17, 15) is 19.3 Å². The molecule has 25 heavy (non-hydrogen) atoms. The van der Waals surface area contributed by atoms with Gasteiger partial charge in [0.05, 0.1) is 29.5 Å². The minimum absolute atomic E-state index is 0.145. The Kier molecular flexibility index (Phi) is 5.10. The van der Waals surface area contributed by atoms with Gasteiger partial charge in [-0.1, -0.05) is 0 Å². The monoisotopic (exact) mass is 353 g/mol. The average molecular weight is 353 g/mol. The molecular weight excluding hydrogens is 337 g/mol. The zero-order valence-corrected chi connectivity index (χ0v) is 13.9. The smallest absolute Gasteiger partial charge is 0.350 e. The number of nitro groups is 1. The SMILES string of the molecule is COc1nn([C@@H](C)C(=O)N/N=C\c2c(C)nn(C)c2F)cc1[N+](=O)[O-]. The first kappa shape index (κ1) is 18.0. The zero-order valence-electron chi connectivity index (χ0n) is 13.9. The van der Waals surface area contributed by atoms with E-state index in [2.05, 4.69) is 20.7 Å². The molecule has 2 aromatic rings. The van der Waals surface area contributed by atoms with E-state index >= 15 is 0 Å². The van der Waals surface area contributed by atoms with Crippen molar-refractivity contribution in [2.45, 2.75) is 19.9 Å². The first-order chi connectivity index (χ1) is 11.8. The lowest BCUT2D eigenvalue weighted by Gasteiger charge is -2.09. The van der Waals surface area contributed by atoms with Crippen molar-refractivity contribution in [3.05, 3.63) is 33.5 Å². The number of rotatable bonds is 6. The molecule has 0 fully saturated rings. The maximum absolute atomic E-state index is 13.7. The lowest BCUT2D eigenvalue weighted by atomic mass is 10.3. The number of aryl methyl sites for hydroxylation is 2. The lowest BCUT2D eigenvalue weighted by Crippen LogP contribution is -2.27. The number of nitrogens with zero attached hydrogens (tertiary/aromatic N) is 6. The molecule has 2 rings (SSSR count). The van der Waals surface area contributed by atoms with Gasteiger partial charge in [-0.3, -0.25) is 14.9 Å². The third-order valence-electron chi connectivity index (χ3n) is 3.41. The number of hydrazone groups is 1. The Bertz CT molecular complexity index is 842. The molecule has 11 nitrogen and oxygen atoms in total. The maximum Gasteiger partial charge on any atom is 0.350 e. The van der Waals surface area contributed by atoms with E-state index in [-0.39, 0.29) is 17.1 Å². The first-order valence-electron chi connectivity index (χ1n) is 7.05. The summed E-state index contributed by atoms with van der Waals surface area (Å²) in [5.41, 5.74) is 2.42. The number of aromatic nitrogens is 4. The summed E-state index contributed by atoms with van der Waals surface area (Å²) in [5.74, 6) is -1.39. The fourth-order valence-corrected chi connectivity index (χ4v) is 2.00. The van der Waals surface area contributed by atoms with Gasteiger partial charge in [-0.25, -0.2) is 14.8 Å². The molecule has 0 saturated carbocycles. The molecule has 2 aromatic heterocycles. The Balaban J connectivity index is 2.10. The molecule has 0 saturated heterocycles. The summed E-state index contributed by atoms with van der Waals surface area (Å²) < 4.78 is 20.7. The number of amides is 1. The van der Waals surface area contributed by atoms with Crippen LogP contribution in [0.4, 0.5) is 10.1 Å². The van der Waals surface area contributed by atoms with Crippen molar-refractivity contribution in [1.29, 1.82) is 0 Å². The van der Waals surface area contributed by atoms with Crippen molar-refractivity contribution in [1.82, 2.24) is 25.0 Å². The highest BCUT2D eigenvalue weighted by molar-refractivity contribution is 5.84. The molecule has 0 radical (unpaired) electrons. The van der Waals surface area contributed by atoms with Gasteiger partial charge < -0.3 is 4.74 Å². The second-order valence-electron chi connectivity index (χ2n) is 5.08. The molecule has 1 N–H and O–H groups in total. The van der Waals surface area contributed by atoms with Crippen molar-refractivity contribution in [2.75, 3.05) is 7.11 Å². The van der Waals surface area contributed by atoms with Crippen LogP contribution in [0.2, 0.25) is 0 Å². The summed E-state index contributed by atoms with van der Waals surface area (Å²) in [6.07, 6.45) is 2.21. The Morgan fingerprint density at radius 2 is 2.24 bits per heavy atom. The van der Waals surface area contributed by atoms with Crippen molar-refractivity contribution < 1.29 is 18.8 Å². The number of hydrogen-bond acceptors (Lipinski definition) is 7. The Hall–Kier alpha value is -3.31. The van der Waals surface area contributed by atoms with Crippen molar-refractivity contribution in [3.63, 3.8) is 0 Å². The van der Waals surface area contributed by atoms with Gasteiger partial charge in [-0.05, 0) is 13.8 Å². The van der Waals surface area contributed by atoms with Crippen LogP contribution < -0.4 is 10.2 Å². The molecule has 0 aliphatic rings.